The molecule has 1 unspecified atom stereocenters. The molecule has 4 heteroatoms. The summed E-state index contributed by atoms with van der Waals surface area (Å²) in [5.41, 5.74) is 6.56. The smallest absolute Gasteiger partial charge is 0.225 e. The molecule has 0 bridgehead atoms. The number of nitrogens with one attached hydrogen (secondary N) is 1. The predicted molar refractivity (Wildman–Crippen MR) is 75.4 cm³/mol. The van der Waals surface area contributed by atoms with Crippen molar-refractivity contribution in [2.45, 2.75) is 26.8 Å². The van der Waals surface area contributed by atoms with Crippen molar-refractivity contribution in [3.8, 4) is 0 Å². The van der Waals surface area contributed by atoms with E-state index < -0.39 is 0 Å². The van der Waals surface area contributed by atoms with E-state index in [4.69, 9.17) is 17.3 Å². The van der Waals surface area contributed by atoms with Crippen LogP contribution in [0, 0.1) is 11.8 Å². The third-order valence-corrected chi connectivity index (χ3v) is 3.47. The van der Waals surface area contributed by atoms with E-state index >= 15 is 0 Å². The van der Waals surface area contributed by atoms with E-state index in [-0.39, 0.29) is 23.8 Å². The number of carbonyl (C=O) groups is 1. The molecule has 1 aromatic rings. The zero-order valence-electron chi connectivity index (χ0n) is 11.1. The first kappa shape index (κ1) is 15.0. The van der Waals surface area contributed by atoms with Gasteiger partial charge >= 0.3 is 0 Å². The summed E-state index contributed by atoms with van der Waals surface area (Å²) in [6.45, 7) is 6.28. The lowest BCUT2D eigenvalue weighted by atomic mass is 9.94. The highest BCUT2D eigenvalue weighted by Crippen LogP contribution is 2.22. The van der Waals surface area contributed by atoms with Crippen molar-refractivity contribution in [3.63, 3.8) is 0 Å². The van der Waals surface area contributed by atoms with E-state index in [1.54, 1.807) is 0 Å². The van der Waals surface area contributed by atoms with E-state index in [2.05, 4.69) is 5.32 Å². The number of benzene rings is 1. The summed E-state index contributed by atoms with van der Waals surface area (Å²) in [6.07, 6.45) is 0. The molecule has 0 fully saturated rings. The predicted octanol–water partition coefficient (Wildman–Crippen LogP) is 2.75. The van der Waals surface area contributed by atoms with Gasteiger partial charge in [-0.15, -0.1) is 0 Å². The zero-order chi connectivity index (χ0) is 13.7. The zero-order valence-corrected chi connectivity index (χ0v) is 11.9. The second-order valence-electron chi connectivity index (χ2n) is 4.84. The van der Waals surface area contributed by atoms with E-state index in [1.165, 1.54) is 0 Å². The molecule has 0 heterocycles. The minimum absolute atomic E-state index is 0.0140. The van der Waals surface area contributed by atoms with Crippen molar-refractivity contribution in [2.75, 3.05) is 6.54 Å². The van der Waals surface area contributed by atoms with Crippen molar-refractivity contribution in [1.29, 1.82) is 0 Å². The van der Waals surface area contributed by atoms with Crippen molar-refractivity contribution in [2.24, 2.45) is 17.6 Å². The molecular weight excluding hydrogens is 248 g/mol. The Balaban J connectivity index is 2.73. The molecule has 1 aromatic carbocycles. The number of halogens is 1. The fourth-order valence-electron chi connectivity index (χ4n) is 1.91. The third-order valence-electron chi connectivity index (χ3n) is 3.13. The highest BCUT2D eigenvalue weighted by molar-refractivity contribution is 6.31. The molecule has 3 nitrogen and oxygen atoms in total. The van der Waals surface area contributed by atoms with E-state index in [0.29, 0.717) is 11.6 Å². The molecule has 0 radical (unpaired) electrons. The van der Waals surface area contributed by atoms with Crippen LogP contribution in [0.15, 0.2) is 24.3 Å². The first-order valence-corrected chi connectivity index (χ1v) is 6.60. The molecule has 2 atom stereocenters. The quantitative estimate of drug-likeness (QED) is 0.863. The Morgan fingerprint density at radius 1 is 1.33 bits per heavy atom. The Morgan fingerprint density at radius 2 is 1.94 bits per heavy atom. The number of rotatable bonds is 5. The van der Waals surface area contributed by atoms with Crippen LogP contribution in [0.2, 0.25) is 5.02 Å². The molecule has 0 aliphatic heterocycles. The molecule has 0 saturated carbocycles. The molecule has 1 rings (SSSR count). The van der Waals surface area contributed by atoms with Crippen LogP contribution in [0.5, 0.6) is 0 Å². The van der Waals surface area contributed by atoms with Gasteiger partial charge in [0.1, 0.15) is 0 Å². The largest absolute Gasteiger partial charge is 0.349 e. The summed E-state index contributed by atoms with van der Waals surface area (Å²) in [4.78, 5) is 12.1. The minimum Gasteiger partial charge on any atom is -0.349 e. The van der Waals surface area contributed by atoms with Gasteiger partial charge in [0, 0.05) is 11.6 Å². The van der Waals surface area contributed by atoms with Gasteiger partial charge < -0.3 is 11.1 Å². The highest BCUT2D eigenvalue weighted by atomic mass is 35.5. The monoisotopic (exact) mass is 268 g/mol. The van der Waals surface area contributed by atoms with Crippen LogP contribution in [0.4, 0.5) is 0 Å². The first-order valence-electron chi connectivity index (χ1n) is 6.22. The summed E-state index contributed by atoms with van der Waals surface area (Å²) >= 11 is 6.10. The molecule has 0 aliphatic rings. The van der Waals surface area contributed by atoms with Crippen LogP contribution in [0.25, 0.3) is 0 Å². The van der Waals surface area contributed by atoms with Gasteiger partial charge in [-0.3, -0.25) is 4.79 Å². The maximum Gasteiger partial charge on any atom is 0.225 e. The lowest BCUT2D eigenvalue weighted by Gasteiger charge is -2.22. The number of carbonyl (C=O) groups excluding carboxylic acids is 1. The normalized spacial score (nSPS) is 14.3. The van der Waals surface area contributed by atoms with Crippen molar-refractivity contribution in [3.05, 3.63) is 34.9 Å². The van der Waals surface area contributed by atoms with Crippen LogP contribution in [-0.4, -0.2) is 12.5 Å². The second kappa shape index (κ2) is 6.76. The average Bonchev–Trinajstić information content (AvgIpc) is 2.29. The molecule has 3 N–H and O–H groups in total. The number of hydrogen-bond acceptors (Lipinski definition) is 2. The second-order valence-corrected chi connectivity index (χ2v) is 5.25. The summed E-state index contributed by atoms with van der Waals surface area (Å²) in [6, 6.07) is 7.41. The van der Waals surface area contributed by atoms with E-state index in [1.807, 2.05) is 45.0 Å². The molecule has 0 saturated heterocycles. The lowest BCUT2D eigenvalue weighted by molar-refractivity contribution is -0.126. The lowest BCUT2D eigenvalue weighted by Crippen LogP contribution is -2.39. The summed E-state index contributed by atoms with van der Waals surface area (Å²) in [7, 11) is 0. The van der Waals surface area contributed by atoms with Gasteiger partial charge in [-0.25, -0.2) is 0 Å². The molecule has 100 valence electrons. The maximum atomic E-state index is 12.1. The van der Waals surface area contributed by atoms with Crippen molar-refractivity contribution in [1.82, 2.24) is 5.32 Å². The summed E-state index contributed by atoms with van der Waals surface area (Å²) < 4.78 is 0. The fourth-order valence-corrected chi connectivity index (χ4v) is 2.21. The number of amides is 1. The highest BCUT2D eigenvalue weighted by Gasteiger charge is 2.22. The maximum absolute atomic E-state index is 12.1. The van der Waals surface area contributed by atoms with Gasteiger partial charge in [-0.05, 0) is 24.5 Å². The average molecular weight is 269 g/mol. The van der Waals surface area contributed by atoms with E-state index in [0.717, 1.165) is 5.56 Å². The minimum atomic E-state index is -0.157. The topological polar surface area (TPSA) is 55.1 Å². The molecule has 0 aliphatic carbocycles. The van der Waals surface area contributed by atoms with E-state index in [9.17, 15) is 4.79 Å². The third kappa shape index (κ3) is 3.72. The standard InChI is InChI=1S/C14H21ClN2O/c1-9(2)12(8-16)14(18)17-10(3)11-6-4-5-7-13(11)15/h4-7,9-10,12H,8,16H2,1-3H3,(H,17,18)/t10-,12?/m1/s1. The van der Waals surface area contributed by atoms with Crippen molar-refractivity contribution < 1.29 is 4.79 Å². The Labute approximate surface area is 114 Å². The summed E-state index contributed by atoms with van der Waals surface area (Å²) in [5, 5.41) is 3.63. The molecular formula is C14H21ClN2O. The van der Waals surface area contributed by atoms with Crippen molar-refractivity contribution >= 4 is 17.5 Å². The Bertz CT molecular complexity index is 407. The van der Waals surface area contributed by atoms with Crippen LogP contribution in [0.3, 0.4) is 0 Å². The molecule has 0 spiro atoms. The van der Waals surface area contributed by atoms with Crippen LogP contribution < -0.4 is 11.1 Å². The number of nitrogens with two attached hydrogens (primary N) is 1. The summed E-state index contributed by atoms with van der Waals surface area (Å²) in [5.74, 6) is 0.0586. The van der Waals surface area contributed by atoms with Gasteiger partial charge in [-0.2, -0.15) is 0 Å². The van der Waals surface area contributed by atoms with Crippen LogP contribution in [-0.2, 0) is 4.79 Å². The van der Waals surface area contributed by atoms with Gasteiger partial charge in [0.2, 0.25) is 5.91 Å². The first-order chi connectivity index (χ1) is 8.47. The molecule has 1 amide bonds. The Hall–Kier alpha value is -1.06. The van der Waals surface area contributed by atoms with Gasteiger partial charge in [0.05, 0.1) is 12.0 Å². The molecule has 18 heavy (non-hydrogen) atoms. The molecule has 0 aromatic heterocycles. The van der Waals surface area contributed by atoms with Crippen LogP contribution >= 0.6 is 11.6 Å². The van der Waals surface area contributed by atoms with Gasteiger partial charge in [-0.1, -0.05) is 43.6 Å². The Kier molecular flexibility index (Phi) is 5.63. The van der Waals surface area contributed by atoms with Crippen LogP contribution in [0.1, 0.15) is 32.4 Å². The number of hydrogen-bond donors (Lipinski definition) is 2. The van der Waals surface area contributed by atoms with Gasteiger partial charge in [0.15, 0.2) is 0 Å². The Morgan fingerprint density at radius 3 is 2.44 bits per heavy atom. The fraction of sp³-hybridized carbons (Fsp3) is 0.500. The van der Waals surface area contributed by atoms with Gasteiger partial charge in [0.25, 0.3) is 0 Å². The SMILES string of the molecule is CC(C)C(CN)C(=O)N[C@H](C)c1ccccc1Cl.